The number of aromatic nitrogens is 1. The number of H-pyrrole nitrogens is 1. The average Bonchev–Trinajstić information content (AvgIpc) is 3.64. The lowest BCUT2D eigenvalue weighted by molar-refractivity contribution is -0.124. The third kappa shape index (κ3) is 9.87. The number of amides is 1. The number of benzene rings is 2. The molecule has 4 rings (SSSR count). The normalized spacial score (nSPS) is 12.7. The minimum absolute atomic E-state index is 0.0764. The number of ether oxygens (including phenoxy) is 1. The first kappa shape index (κ1) is 30.5. The highest BCUT2D eigenvalue weighted by atomic mass is 35.5. The molecule has 41 heavy (non-hydrogen) atoms. The fourth-order valence-corrected chi connectivity index (χ4v) is 5.85. The average molecular weight is 593 g/mol. The van der Waals surface area contributed by atoms with Gasteiger partial charge >= 0.3 is 0 Å². The first-order valence-corrected chi connectivity index (χ1v) is 15.4. The zero-order chi connectivity index (χ0) is 29.0. The van der Waals surface area contributed by atoms with Gasteiger partial charge in [-0.25, -0.2) is 0 Å². The molecule has 6 nitrogen and oxygen atoms in total. The summed E-state index contributed by atoms with van der Waals surface area (Å²) in [5.41, 5.74) is 3.20. The second kappa shape index (κ2) is 15.5. The molecule has 2 heterocycles. The smallest absolute Gasteiger partial charge is 0.258 e. The van der Waals surface area contributed by atoms with Gasteiger partial charge in [-0.1, -0.05) is 55.8 Å². The summed E-state index contributed by atoms with van der Waals surface area (Å²) < 4.78 is 11.1. The summed E-state index contributed by atoms with van der Waals surface area (Å²) in [6.45, 7) is 4.22. The number of rotatable bonds is 16. The maximum Gasteiger partial charge on any atom is 0.258 e. The van der Waals surface area contributed by atoms with Crippen LogP contribution in [0.2, 0.25) is 5.02 Å². The Kier molecular flexibility index (Phi) is 11.6. The number of aromatic amines is 1. The molecule has 216 valence electrons. The molecule has 8 heteroatoms. The SMILES string of the molecule is CC(C)CC(Cc1cc[nH]c1C(CC(=O)CSCc1ccco1)c1ccccc1)NC(=O)COc1ccc(Cl)cc1. The molecule has 0 aliphatic carbocycles. The van der Waals surface area contributed by atoms with Gasteiger partial charge in [-0.15, -0.1) is 11.8 Å². The van der Waals surface area contributed by atoms with Crippen LogP contribution >= 0.6 is 23.4 Å². The summed E-state index contributed by atoms with van der Waals surface area (Å²) in [5, 5.41) is 3.79. The zero-order valence-electron chi connectivity index (χ0n) is 23.5. The second-order valence-electron chi connectivity index (χ2n) is 10.5. The predicted molar refractivity (Wildman–Crippen MR) is 166 cm³/mol. The molecule has 0 fully saturated rings. The topological polar surface area (TPSA) is 84.3 Å². The molecule has 2 unspecified atom stereocenters. The van der Waals surface area contributed by atoms with Crippen LogP contribution in [0.25, 0.3) is 0 Å². The maximum absolute atomic E-state index is 13.1. The molecule has 0 radical (unpaired) electrons. The third-order valence-corrected chi connectivity index (χ3v) is 7.98. The van der Waals surface area contributed by atoms with E-state index in [-0.39, 0.29) is 30.3 Å². The van der Waals surface area contributed by atoms with E-state index >= 15 is 0 Å². The van der Waals surface area contributed by atoms with Crippen molar-refractivity contribution >= 4 is 35.1 Å². The Hall–Kier alpha value is -3.42. The minimum atomic E-state index is -0.175. The van der Waals surface area contributed by atoms with Crippen molar-refractivity contribution < 1.29 is 18.7 Å². The minimum Gasteiger partial charge on any atom is -0.484 e. The molecule has 2 aromatic heterocycles. The highest BCUT2D eigenvalue weighted by Gasteiger charge is 2.24. The number of hydrogen-bond donors (Lipinski definition) is 2. The summed E-state index contributed by atoms with van der Waals surface area (Å²) in [7, 11) is 0. The van der Waals surface area contributed by atoms with Crippen LogP contribution in [-0.2, 0) is 21.8 Å². The van der Waals surface area contributed by atoms with E-state index in [0.29, 0.717) is 41.0 Å². The van der Waals surface area contributed by atoms with Crippen LogP contribution in [0, 0.1) is 5.92 Å². The Morgan fingerprint density at radius 1 is 1.02 bits per heavy atom. The predicted octanol–water partition coefficient (Wildman–Crippen LogP) is 7.44. The lowest BCUT2D eigenvalue weighted by atomic mass is 9.87. The Balaban J connectivity index is 1.43. The number of furan rings is 1. The molecule has 2 atom stereocenters. The number of carbonyl (C=O) groups is 2. The fraction of sp³-hybridized carbons (Fsp3) is 0.333. The highest BCUT2D eigenvalue weighted by molar-refractivity contribution is 7.99. The summed E-state index contributed by atoms with van der Waals surface area (Å²) in [6.07, 6.45) is 5.43. The van der Waals surface area contributed by atoms with E-state index in [1.165, 1.54) is 0 Å². The van der Waals surface area contributed by atoms with E-state index in [0.717, 1.165) is 29.0 Å². The van der Waals surface area contributed by atoms with Crippen molar-refractivity contribution in [2.75, 3.05) is 12.4 Å². The third-order valence-electron chi connectivity index (χ3n) is 6.71. The van der Waals surface area contributed by atoms with E-state index in [2.05, 4.69) is 42.3 Å². The van der Waals surface area contributed by atoms with Gasteiger partial charge in [-0.05, 0) is 72.4 Å². The van der Waals surface area contributed by atoms with Gasteiger partial charge in [0.25, 0.3) is 5.91 Å². The van der Waals surface area contributed by atoms with Gasteiger partial charge in [0.2, 0.25) is 0 Å². The van der Waals surface area contributed by atoms with Crippen LogP contribution < -0.4 is 10.1 Å². The van der Waals surface area contributed by atoms with Gasteiger partial charge in [-0.2, -0.15) is 0 Å². The first-order valence-electron chi connectivity index (χ1n) is 13.9. The number of hydrogen-bond acceptors (Lipinski definition) is 5. The monoisotopic (exact) mass is 592 g/mol. The lowest BCUT2D eigenvalue weighted by Gasteiger charge is -2.23. The molecule has 4 aromatic rings. The molecule has 0 saturated carbocycles. The van der Waals surface area contributed by atoms with Gasteiger partial charge in [0, 0.05) is 35.3 Å². The maximum atomic E-state index is 13.1. The van der Waals surface area contributed by atoms with E-state index in [1.54, 1.807) is 42.3 Å². The lowest BCUT2D eigenvalue weighted by Crippen LogP contribution is -2.40. The molecule has 2 aromatic carbocycles. The van der Waals surface area contributed by atoms with Crippen molar-refractivity contribution in [2.24, 2.45) is 5.92 Å². The highest BCUT2D eigenvalue weighted by Crippen LogP contribution is 2.31. The summed E-state index contributed by atoms with van der Waals surface area (Å²) in [5.74, 6) is 2.83. The van der Waals surface area contributed by atoms with Gasteiger partial charge in [0.1, 0.15) is 17.3 Å². The van der Waals surface area contributed by atoms with Crippen molar-refractivity contribution in [2.45, 2.75) is 50.8 Å². The van der Waals surface area contributed by atoms with Crippen LogP contribution in [0.15, 0.2) is 89.7 Å². The van der Waals surface area contributed by atoms with E-state index in [4.69, 9.17) is 20.8 Å². The second-order valence-corrected chi connectivity index (χ2v) is 12.0. The summed E-state index contributed by atoms with van der Waals surface area (Å²) >= 11 is 7.51. The van der Waals surface area contributed by atoms with Crippen molar-refractivity contribution in [3.05, 3.63) is 113 Å². The summed E-state index contributed by atoms with van der Waals surface area (Å²) in [4.78, 5) is 29.4. The van der Waals surface area contributed by atoms with Crippen LogP contribution in [0.3, 0.4) is 0 Å². The fourth-order valence-electron chi connectivity index (χ4n) is 4.91. The van der Waals surface area contributed by atoms with Crippen LogP contribution in [-0.4, -0.2) is 35.1 Å². The van der Waals surface area contributed by atoms with Gasteiger partial charge in [0.05, 0.1) is 17.8 Å². The van der Waals surface area contributed by atoms with Gasteiger partial charge in [0.15, 0.2) is 6.61 Å². The molecule has 0 aliphatic heterocycles. The van der Waals surface area contributed by atoms with E-state index in [9.17, 15) is 9.59 Å². The van der Waals surface area contributed by atoms with E-state index in [1.807, 2.05) is 36.5 Å². The standard InChI is InChI=1S/C33H37ClN2O4S/c1-23(2)17-27(36-32(38)20-40-29-12-10-26(34)11-13-29)18-25-14-15-35-33(25)31(24-7-4-3-5-8-24)19-28(37)21-41-22-30-9-6-16-39-30/h3-16,23,27,31,35H,17-22H2,1-2H3,(H,36,38). The van der Waals surface area contributed by atoms with E-state index < -0.39 is 0 Å². The number of carbonyl (C=O) groups excluding carboxylic acids is 2. The quantitative estimate of drug-likeness (QED) is 0.141. The van der Waals surface area contributed by atoms with Crippen molar-refractivity contribution in [1.29, 1.82) is 0 Å². The summed E-state index contributed by atoms with van der Waals surface area (Å²) in [6, 6.07) is 22.8. The number of ketones is 1. The molecular weight excluding hydrogens is 556 g/mol. The number of nitrogens with one attached hydrogen (secondary N) is 2. The molecule has 1 amide bonds. The largest absolute Gasteiger partial charge is 0.484 e. The molecular formula is C33H37ClN2O4S. The molecule has 0 saturated heterocycles. The van der Waals surface area contributed by atoms with Gasteiger partial charge < -0.3 is 19.5 Å². The van der Waals surface area contributed by atoms with Crippen LogP contribution in [0.1, 0.15) is 55.2 Å². The molecule has 0 spiro atoms. The van der Waals surface area contributed by atoms with Crippen LogP contribution in [0.5, 0.6) is 5.75 Å². The van der Waals surface area contributed by atoms with Crippen LogP contribution in [0.4, 0.5) is 0 Å². The number of Topliss-reactive ketones (excluding diaryl/α,β-unsaturated/α-hetero) is 1. The molecule has 2 N–H and O–H groups in total. The zero-order valence-corrected chi connectivity index (χ0v) is 25.0. The van der Waals surface area contributed by atoms with Crippen molar-refractivity contribution in [1.82, 2.24) is 10.3 Å². The Bertz CT molecular complexity index is 1350. The molecule has 0 bridgehead atoms. The number of halogens is 1. The Morgan fingerprint density at radius 3 is 2.51 bits per heavy atom. The Morgan fingerprint density at radius 2 is 1.80 bits per heavy atom. The Labute approximate surface area is 251 Å². The first-order chi connectivity index (χ1) is 19.9. The van der Waals surface area contributed by atoms with Gasteiger partial charge in [-0.3, -0.25) is 9.59 Å². The molecule has 0 aliphatic rings. The van der Waals surface area contributed by atoms with Crippen molar-refractivity contribution in [3.8, 4) is 5.75 Å². The number of thioether (sulfide) groups is 1. The van der Waals surface area contributed by atoms with Crippen molar-refractivity contribution in [3.63, 3.8) is 0 Å².